The highest BCUT2D eigenvalue weighted by molar-refractivity contribution is 5.92. The number of hydrogen-bond acceptors (Lipinski definition) is 5. The third-order valence-electron chi connectivity index (χ3n) is 4.98. The van der Waals surface area contributed by atoms with E-state index < -0.39 is 6.09 Å². The van der Waals surface area contributed by atoms with Gasteiger partial charge in [-0.05, 0) is 56.3 Å². The van der Waals surface area contributed by atoms with Gasteiger partial charge in [-0.25, -0.2) is 4.79 Å². The number of fused-ring (bicyclic) bond motifs is 1. The summed E-state index contributed by atoms with van der Waals surface area (Å²) in [7, 11) is 0. The van der Waals surface area contributed by atoms with Crippen LogP contribution in [0, 0.1) is 0 Å². The molecule has 1 aliphatic rings. The van der Waals surface area contributed by atoms with E-state index in [2.05, 4.69) is 15.2 Å². The summed E-state index contributed by atoms with van der Waals surface area (Å²) in [4.78, 5) is 30.0. The lowest BCUT2D eigenvalue weighted by atomic mass is 10.2. The molecule has 8 nitrogen and oxygen atoms in total. The maximum atomic E-state index is 12.4. The van der Waals surface area contributed by atoms with Crippen LogP contribution in [0.25, 0.3) is 10.9 Å². The van der Waals surface area contributed by atoms with Gasteiger partial charge in [-0.3, -0.25) is 14.3 Å². The van der Waals surface area contributed by atoms with Crippen LogP contribution in [0.15, 0.2) is 48.8 Å². The minimum absolute atomic E-state index is 0.233. The number of ether oxygens (including phenoxy) is 1. The zero-order chi connectivity index (χ0) is 20.2. The van der Waals surface area contributed by atoms with Crippen LogP contribution in [0.3, 0.4) is 0 Å². The molecule has 150 valence electrons. The van der Waals surface area contributed by atoms with E-state index in [1.807, 2.05) is 0 Å². The number of amides is 1. The SMILES string of the molecule is O=C(NCCN1CCCC1)c1cc(Oc2ccc3c(ccn3C(=O)O)c2)ccn1. The molecule has 0 bridgehead atoms. The second kappa shape index (κ2) is 8.32. The number of carbonyl (C=O) groups excluding carboxylic acids is 1. The zero-order valence-corrected chi connectivity index (χ0v) is 15.9. The summed E-state index contributed by atoms with van der Waals surface area (Å²) in [5.74, 6) is 0.803. The average Bonchev–Trinajstić information content (AvgIpc) is 3.37. The van der Waals surface area contributed by atoms with E-state index in [0.717, 1.165) is 29.6 Å². The summed E-state index contributed by atoms with van der Waals surface area (Å²) in [6, 6.07) is 10.1. The molecule has 2 N–H and O–H groups in total. The number of likely N-dealkylation sites (tertiary alicyclic amines) is 1. The topological polar surface area (TPSA) is 96.7 Å². The number of nitrogens with zero attached hydrogens (tertiary/aromatic N) is 3. The number of nitrogens with one attached hydrogen (secondary N) is 1. The summed E-state index contributed by atoms with van der Waals surface area (Å²) in [6.45, 7) is 3.62. The van der Waals surface area contributed by atoms with Crippen molar-refractivity contribution in [2.24, 2.45) is 0 Å². The number of carboxylic acid groups (broad SMARTS) is 1. The van der Waals surface area contributed by atoms with Crippen LogP contribution in [0.5, 0.6) is 11.5 Å². The Bertz CT molecular complexity index is 1040. The van der Waals surface area contributed by atoms with Crippen LogP contribution >= 0.6 is 0 Å². The standard InChI is InChI=1S/C21H22N4O4/c26-20(23-8-12-24-9-1-2-10-24)18-14-17(5-7-22-18)29-16-3-4-19-15(13-16)6-11-25(19)21(27)28/h3-7,11,13-14H,1-2,8-10,12H2,(H,23,26)(H,27,28). The maximum Gasteiger partial charge on any atom is 0.415 e. The summed E-state index contributed by atoms with van der Waals surface area (Å²) in [5, 5.41) is 12.8. The molecule has 0 aliphatic carbocycles. The number of carbonyl (C=O) groups is 2. The fourth-order valence-corrected chi connectivity index (χ4v) is 3.51. The zero-order valence-electron chi connectivity index (χ0n) is 15.9. The monoisotopic (exact) mass is 394 g/mol. The van der Waals surface area contributed by atoms with E-state index in [-0.39, 0.29) is 5.91 Å². The molecular weight excluding hydrogens is 372 g/mol. The number of benzene rings is 1. The highest BCUT2D eigenvalue weighted by Crippen LogP contribution is 2.26. The molecule has 0 unspecified atom stereocenters. The maximum absolute atomic E-state index is 12.4. The van der Waals surface area contributed by atoms with Crippen LogP contribution in [0.2, 0.25) is 0 Å². The van der Waals surface area contributed by atoms with Crippen LogP contribution in [0.4, 0.5) is 4.79 Å². The third-order valence-corrected chi connectivity index (χ3v) is 4.98. The van der Waals surface area contributed by atoms with E-state index in [9.17, 15) is 9.59 Å². The molecular formula is C21H22N4O4. The summed E-state index contributed by atoms with van der Waals surface area (Å²) in [5.41, 5.74) is 0.875. The first kappa shape index (κ1) is 18.9. The molecule has 0 atom stereocenters. The summed E-state index contributed by atoms with van der Waals surface area (Å²) < 4.78 is 7.00. The smallest absolute Gasteiger partial charge is 0.415 e. The highest BCUT2D eigenvalue weighted by Gasteiger charge is 2.13. The van der Waals surface area contributed by atoms with Crippen molar-refractivity contribution >= 4 is 22.9 Å². The van der Waals surface area contributed by atoms with E-state index in [0.29, 0.717) is 29.3 Å². The molecule has 3 aromatic rings. The van der Waals surface area contributed by atoms with Gasteiger partial charge in [0.1, 0.15) is 17.2 Å². The van der Waals surface area contributed by atoms with Crippen molar-refractivity contribution in [2.75, 3.05) is 26.2 Å². The molecule has 0 saturated carbocycles. The van der Waals surface area contributed by atoms with E-state index in [1.165, 1.54) is 25.2 Å². The second-order valence-electron chi connectivity index (χ2n) is 6.97. The van der Waals surface area contributed by atoms with Gasteiger partial charge in [0, 0.05) is 36.9 Å². The Balaban J connectivity index is 1.41. The molecule has 1 fully saturated rings. The Kier molecular flexibility index (Phi) is 5.44. The lowest BCUT2D eigenvalue weighted by Gasteiger charge is -2.14. The van der Waals surface area contributed by atoms with Gasteiger partial charge in [0.2, 0.25) is 0 Å². The molecule has 8 heteroatoms. The predicted octanol–water partition coefficient (Wildman–Crippen LogP) is 3.18. The lowest BCUT2D eigenvalue weighted by Crippen LogP contribution is -2.33. The first-order valence-corrected chi connectivity index (χ1v) is 9.59. The largest absolute Gasteiger partial charge is 0.464 e. The van der Waals surface area contributed by atoms with Gasteiger partial charge in [-0.2, -0.15) is 0 Å². The minimum Gasteiger partial charge on any atom is -0.464 e. The number of rotatable bonds is 6. The normalized spacial score (nSPS) is 14.2. The van der Waals surface area contributed by atoms with Crippen molar-refractivity contribution < 1.29 is 19.4 Å². The Morgan fingerprint density at radius 2 is 1.90 bits per heavy atom. The van der Waals surface area contributed by atoms with Crippen molar-refractivity contribution in [3.05, 3.63) is 54.5 Å². The quantitative estimate of drug-likeness (QED) is 0.667. The third kappa shape index (κ3) is 4.38. The molecule has 1 aliphatic heterocycles. The van der Waals surface area contributed by atoms with E-state index in [1.54, 1.807) is 36.4 Å². The molecule has 29 heavy (non-hydrogen) atoms. The fraction of sp³-hybridized carbons (Fsp3) is 0.286. The van der Waals surface area contributed by atoms with Crippen molar-refractivity contribution in [2.45, 2.75) is 12.8 Å². The molecule has 0 spiro atoms. The van der Waals surface area contributed by atoms with Gasteiger partial charge >= 0.3 is 6.09 Å². The van der Waals surface area contributed by atoms with Crippen molar-refractivity contribution in [3.8, 4) is 11.5 Å². The lowest BCUT2D eigenvalue weighted by molar-refractivity contribution is 0.0944. The fourth-order valence-electron chi connectivity index (χ4n) is 3.51. The molecule has 0 radical (unpaired) electrons. The number of pyridine rings is 1. The Morgan fingerprint density at radius 3 is 2.69 bits per heavy atom. The van der Waals surface area contributed by atoms with Crippen LogP contribution in [0.1, 0.15) is 23.3 Å². The Labute approximate surface area is 167 Å². The van der Waals surface area contributed by atoms with Crippen molar-refractivity contribution in [3.63, 3.8) is 0 Å². The first-order chi connectivity index (χ1) is 14.1. The van der Waals surface area contributed by atoms with Crippen LogP contribution in [-0.2, 0) is 0 Å². The Morgan fingerprint density at radius 1 is 1.10 bits per heavy atom. The van der Waals surface area contributed by atoms with Crippen LogP contribution in [-0.4, -0.2) is 57.7 Å². The second-order valence-corrected chi connectivity index (χ2v) is 6.97. The van der Waals surface area contributed by atoms with Crippen molar-refractivity contribution in [1.82, 2.24) is 19.8 Å². The van der Waals surface area contributed by atoms with Gasteiger partial charge in [-0.1, -0.05) is 0 Å². The Hall–Kier alpha value is -3.39. The molecule has 1 aromatic carbocycles. The van der Waals surface area contributed by atoms with Crippen molar-refractivity contribution in [1.29, 1.82) is 0 Å². The molecule has 2 aromatic heterocycles. The first-order valence-electron chi connectivity index (χ1n) is 9.59. The molecule has 1 saturated heterocycles. The van der Waals surface area contributed by atoms with E-state index in [4.69, 9.17) is 9.84 Å². The molecule has 3 heterocycles. The molecule has 1 amide bonds. The summed E-state index contributed by atoms with van der Waals surface area (Å²) >= 11 is 0. The number of aromatic nitrogens is 2. The number of hydrogen-bond donors (Lipinski definition) is 2. The predicted molar refractivity (Wildman–Crippen MR) is 108 cm³/mol. The van der Waals surface area contributed by atoms with Gasteiger partial charge < -0.3 is 20.1 Å². The average molecular weight is 394 g/mol. The minimum atomic E-state index is -1.04. The van der Waals surface area contributed by atoms with Gasteiger partial charge in [0.05, 0.1) is 5.52 Å². The van der Waals surface area contributed by atoms with Gasteiger partial charge in [0.15, 0.2) is 0 Å². The summed E-state index contributed by atoms with van der Waals surface area (Å²) in [6.07, 6.45) is 4.43. The highest BCUT2D eigenvalue weighted by atomic mass is 16.5. The van der Waals surface area contributed by atoms with Crippen LogP contribution < -0.4 is 10.1 Å². The van der Waals surface area contributed by atoms with E-state index >= 15 is 0 Å². The molecule has 4 rings (SSSR count). The van der Waals surface area contributed by atoms with Gasteiger partial charge in [0.25, 0.3) is 5.91 Å². The van der Waals surface area contributed by atoms with Gasteiger partial charge in [-0.15, -0.1) is 0 Å².